The van der Waals surface area contributed by atoms with Gasteiger partial charge in [0.15, 0.2) is 0 Å². The van der Waals surface area contributed by atoms with E-state index in [0.29, 0.717) is 56.6 Å². The highest BCUT2D eigenvalue weighted by molar-refractivity contribution is 5.94. The number of nitrogens with one attached hydrogen (secondary N) is 1. The second-order valence-electron chi connectivity index (χ2n) is 7.11. The van der Waals surface area contributed by atoms with Gasteiger partial charge in [-0.15, -0.1) is 0 Å². The molecule has 0 bridgehead atoms. The summed E-state index contributed by atoms with van der Waals surface area (Å²) in [6.45, 7) is 9.23. The molecule has 1 aliphatic rings. The van der Waals surface area contributed by atoms with Crippen LogP contribution in [0.3, 0.4) is 0 Å². The van der Waals surface area contributed by atoms with Crippen LogP contribution in [0.1, 0.15) is 31.1 Å². The van der Waals surface area contributed by atoms with Crippen LogP contribution in [0.4, 0.5) is 4.79 Å². The minimum Gasteiger partial charge on any atom is -0.497 e. The molecule has 3 amide bonds. The number of carbonyl (C=O) groups is 2. The normalized spacial score (nSPS) is 16.9. The molecule has 1 aromatic rings. The van der Waals surface area contributed by atoms with E-state index < -0.39 is 0 Å². The van der Waals surface area contributed by atoms with Crippen LogP contribution in [0.15, 0.2) is 24.3 Å². The van der Waals surface area contributed by atoms with Crippen LogP contribution in [0, 0.1) is 5.92 Å². The molecule has 2 rings (SSSR count). The number of nitrogens with zero attached hydrogens (tertiary/aromatic N) is 2. The molecule has 0 saturated carbocycles. The van der Waals surface area contributed by atoms with E-state index in [0.717, 1.165) is 0 Å². The van der Waals surface area contributed by atoms with E-state index >= 15 is 0 Å². The molecule has 0 spiro atoms. The molecule has 7 heteroatoms. The van der Waals surface area contributed by atoms with Gasteiger partial charge >= 0.3 is 6.03 Å². The summed E-state index contributed by atoms with van der Waals surface area (Å²) < 4.78 is 11.1. The maximum atomic E-state index is 13.1. The Morgan fingerprint density at radius 3 is 2.85 bits per heavy atom. The van der Waals surface area contributed by atoms with Gasteiger partial charge in [-0.1, -0.05) is 19.9 Å². The van der Waals surface area contributed by atoms with Gasteiger partial charge in [-0.25, -0.2) is 4.79 Å². The first-order chi connectivity index (χ1) is 12.9. The molecule has 7 nitrogen and oxygen atoms in total. The molecule has 1 aromatic carbocycles. The predicted octanol–water partition coefficient (Wildman–Crippen LogP) is 2.22. The van der Waals surface area contributed by atoms with Gasteiger partial charge in [0.25, 0.3) is 5.91 Å². The van der Waals surface area contributed by atoms with E-state index in [1.807, 2.05) is 24.0 Å². The van der Waals surface area contributed by atoms with Gasteiger partial charge in [0.05, 0.1) is 26.4 Å². The molecule has 1 heterocycles. The average molecular weight is 377 g/mol. The fourth-order valence-corrected chi connectivity index (χ4v) is 3.14. The number of amides is 3. The Hall–Kier alpha value is -2.28. The van der Waals surface area contributed by atoms with E-state index in [9.17, 15) is 9.59 Å². The highest BCUT2D eigenvalue weighted by Gasteiger charge is 2.28. The maximum Gasteiger partial charge on any atom is 0.317 e. The SMILES string of the molecule is CCNC(=O)N1CCO[C@H](CN(CC(C)C)C(=O)c2cccc(OC)c2)C1. The highest BCUT2D eigenvalue weighted by atomic mass is 16.5. The predicted molar refractivity (Wildman–Crippen MR) is 104 cm³/mol. The second kappa shape index (κ2) is 10.2. The van der Waals surface area contributed by atoms with Gasteiger partial charge < -0.3 is 24.6 Å². The summed E-state index contributed by atoms with van der Waals surface area (Å²) in [5, 5.41) is 2.82. The zero-order valence-electron chi connectivity index (χ0n) is 16.7. The Bertz CT molecular complexity index is 635. The van der Waals surface area contributed by atoms with Crippen LogP contribution in [-0.4, -0.2) is 74.3 Å². The van der Waals surface area contributed by atoms with Gasteiger partial charge in [-0.2, -0.15) is 0 Å². The summed E-state index contributed by atoms with van der Waals surface area (Å²) in [6.07, 6.45) is -0.199. The molecular weight excluding hydrogens is 346 g/mol. The van der Waals surface area contributed by atoms with E-state index in [-0.39, 0.29) is 18.0 Å². The van der Waals surface area contributed by atoms with Crippen molar-refractivity contribution in [3.05, 3.63) is 29.8 Å². The minimum absolute atomic E-state index is 0.0543. The van der Waals surface area contributed by atoms with Crippen molar-refractivity contribution in [2.45, 2.75) is 26.9 Å². The summed E-state index contributed by atoms with van der Waals surface area (Å²) >= 11 is 0. The van der Waals surface area contributed by atoms with Crippen molar-refractivity contribution in [2.24, 2.45) is 5.92 Å². The van der Waals surface area contributed by atoms with Gasteiger partial charge in [0, 0.05) is 31.7 Å². The summed E-state index contributed by atoms with van der Waals surface area (Å²) in [5.41, 5.74) is 0.589. The number of morpholine rings is 1. The average Bonchev–Trinajstić information content (AvgIpc) is 2.67. The molecule has 1 fully saturated rings. The topological polar surface area (TPSA) is 71.1 Å². The van der Waals surface area contributed by atoms with Crippen molar-refractivity contribution in [1.82, 2.24) is 15.1 Å². The van der Waals surface area contributed by atoms with Crippen molar-refractivity contribution in [1.29, 1.82) is 0 Å². The summed E-state index contributed by atoms with van der Waals surface area (Å²) in [6, 6.07) is 7.09. The molecule has 0 aromatic heterocycles. The zero-order chi connectivity index (χ0) is 19.8. The van der Waals surface area contributed by atoms with Gasteiger partial charge in [-0.05, 0) is 31.0 Å². The smallest absolute Gasteiger partial charge is 0.317 e. The largest absolute Gasteiger partial charge is 0.497 e. The third-order valence-electron chi connectivity index (χ3n) is 4.37. The van der Waals surface area contributed by atoms with Crippen molar-refractivity contribution < 1.29 is 19.1 Å². The molecule has 0 aliphatic carbocycles. The number of carbonyl (C=O) groups excluding carboxylic acids is 2. The van der Waals surface area contributed by atoms with Gasteiger partial charge in [0.1, 0.15) is 5.75 Å². The van der Waals surface area contributed by atoms with Crippen LogP contribution < -0.4 is 10.1 Å². The number of hydrogen-bond acceptors (Lipinski definition) is 4. The number of benzene rings is 1. The Morgan fingerprint density at radius 2 is 2.19 bits per heavy atom. The fraction of sp³-hybridized carbons (Fsp3) is 0.600. The molecule has 1 aliphatic heterocycles. The third kappa shape index (κ3) is 6.13. The van der Waals surface area contributed by atoms with E-state index in [2.05, 4.69) is 19.2 Å². The summed E-state index contributed by atoms with van der Waals surface area (Å²) in [7, 11) is 1.58. The first kappa shape index (κ1) is 21.0. The minimum atomic E-state index is -0.199. The lowest BCUT2D eigenvalue weighted by molar-refractivity contribution is -0.0287. The van der Waals surface area contributed by atoms with Crippen LogP contribution >= 0.6 is 0 Å². The number of methoxy groups -OCH3 is 1. The van der Waals surface area contributed by atoms with E-state index in [1.165, 1.54) is 0 Å². The zero-order valence-corrected chi connectivity index (χ0v) is 16.7. The van der Waals surface area contributed by atoms with Crippen LogP contribution in [0.25, 0.3) is 0 Å². The summed E-state index contributed by atoms with van der Waals surface area (Å²) in [4.78, 5) is 28.7. The molecule has 1 atom stereocenters. The molecule has 1 N–H and O–H groups in total. The number of ether oxygens (including phenoxy) is 2. The van der Waals surface area contributed by atoms with E-state index in [1.54, 1.807) is 24.1 Å². The monoisotopic (exact) mass is 377 g/mol. The Kier molecular flexibility index (Phi) is 7.91. The van der Waals surface area contributed by atoms with Crippen LogP contribution in [-0.2, 0) is 4.74 Å². The standard InChI is InChI=1S/C20H31N3O4/c1-5-21-20(25)22-9-10-27-18(13-22)14-23(12-15(2)3)19(24)16-7-6-8-17(11-16)26-4/h6-8,11,15,18H,5,9-10,12-14H2,1-4H3,(H,21,25)/t18-/m0/s1. The Balaban J connectivity index is 2.09. The Labute approximate surface area is 161 Å². The molecule has 27 heavy (non-hydrogen) atoms. The van der Waals surface area contributed by atoms with Crippen molar-refractivity contribution in [3.8, 4) is 5.75 Å². The van der Waals surface area contributed by atoms with Gasteiger partial charge in [-0.3, -0.25) is 4.79 Å². The lowest BCUT2D eigenvalue weighted by atomic mass is 10.1. The molecular formula is C20H31N3O4. The van der Waals surface area contributed by atoms with Crippen molar-refractivity contribution >= 4 is 11.9 Å². The quantitative estimate of drug-likeness (QED) is 0.791. The first-order valence-corrected chi connectivity index (χ1v) is 9.52. The van der Waals surface area contributed by atoms with Crippen LogP contribution in [0.2, 0.25) is 0 Å². The van der Waals surface area contributed by atoms with Gasteiger partial charge in [0.2, 0.25) is 0 Å². The van der Waals surface area contributed by atoms with E-state index in [4.69, 9.17) is 9.47 Å². The van der Waals surface area contributed by atoms with Crippen LogP contribution in [0.5, 0.6) is 5.75 Å². The van der Waals surface area contributed by atoms with Crippen molar-refractivity contribution in [2.75, 3.05) is 46.4 Å². The highest BCUT2D eigenvalue weighted by Crippen LogP contribution is 2.17. The third-order valence-corrected chi connectivity index (χ3v) is 4.37. The molecule has 150 valence electrons. The number of rotatable bonds is 7. The Morgan fingerprint density at radius 1 is 1.41 bits per heavy atom. The maximum absolute atomic E-state index is 13.1. The number of hydrogen-bond donors (Lipinski definition) is 1. The summed E-state index contributed by atoms with van der Waals surface area (Å²) in [5.74, 6) is 0.922. The fourth-order valence-electron chi connectivity index (χ4n) is 3.14. The lowest BCUT2D eigenvalue weighted by Crippen LogP contribution is -2.53. The molecule has 0 radical (unpaired) electrons. The molecule has 0 unspecified atom stereocenters. The lowest BCUT2D eigenvalue weighted by Gasteiger charge is -2.36. The molecule has 1 saturated heterocycles. The van der Waals surface area contributed by atoms with Crippen molar-refractivity contribution in [3.63, 3.8) is 0 Å². The number of urea groups is 1. The second-order valence-corrected chi connectivity index (χ2v) is 7.11. The first-order valence-electron chi connectivity index (χ1n) is 9.52.